The number of fused-ring (bicyclic) bond motifs is 7. The summed E-state index contributed by atoms with van der Waals surface area (Å²) >= 11 is 0. The molecule has 0 N–H and O–H groups in total. The predicted octanol–water partition coefficient (Wildman–Crippen LogP) is 5.68. The summed E-state index contributed by atoms with van der Waals surface area (Å²) in [6, 6.07) is 16.9. The van der Waals surface area contributed by atoms with E-state index in [1.165, 1.54) is 33.3 Å². The number of aliphatic imine (C=N–C) groups is 1. The first kappa shape index (κ1) is 13.3. The van der Waals surface area contributed by atoms with E-state index in [9.17, 15) is 0 Å². The summed E-state index contributed by atoms with van der Waals surface area (Å²) in [5.41, 5.74) is 9.30. The Hall–Kier alpha value is -3.13. The van der Waals surface area contributed by atoms with Crippen molar-refractivity contribution < 1.29 is 0 Å². The van der Waals surface area contributed by atoms with Crippen LogP contribution in [0.2, 0.25) is 0 Å². The molecule has 24 heavy (non-hydrogen) atoms. The Morgan fingerprint density at radius 1 is 1.08 bits per heavy atom. The maximum absolute atomic E-state index is 4.93. The third-order valence-electron chi connectivity index (χ3n) is 4.87. The molecule has 0 fully saturated rings. The van der Waals surface area contributed by atoms with Gasteiger partial charge in [-0.05, 0) is 31.2 Å². The number of hydrogen-bond donors (Lipinski definition) is 0. The Labute approximate surface area is 140 Å². The highest BCUT2D eigenvalue weighted by atomic mass is 15.0. The number of allylic oxidation sites excluding steroid dienone is 4. The molecule has 1 aliphatic carbocycles. The molecule has 0 saturated carbocycles. The van der Waals surface area contributed by atoms with Gasteiger partial charge in [-0.25, -0.2) is 4.99 Å². The molecular formula is C22H16N2. The van der Waals surface area contributed by atoms with Gasteiger partial charge in [0.1, 0.15) is 0 Å². The third-order valence-corrected chi connectivity index (χ3v) is 4.87. The standard InChI is InChI=1S/C22H16N2/c1-3-14(4-2)24-20-12-8-6-10-16(20)18-13-17-15-9-5-7-11-19(15)23-21(17)22(18)24/h3-13H,1H2,2H3/b14-4+. The first-order chi connectivity index (χ1) is 11.8. The fourth-order valence-corrected chi connectivity index (χ4v) is 3.83. The minimum Gasteiger partial charge on any atom is -0.307 e. The van der Waals surface area contributed by atoms with Crippen LogP contribution in [0.3, 0.4) is 0 Å². The van der Waals surface area contributed by atoms with Crippen LogP contribution in [0.5, 0.6) is 0 Å². The summed E-state index contributed by atoms with van der Waals surface area (Å²) in [4.78, 5) is 4.93. The van der Waals surface area contributed by atoms with Gasteiger partial charge in [-0.3, -0.25) is 0 Å². The zero-order valence-electron chi connectivity index (χ0n) is 13.5. The van der Waals surface area contributed by atoms with Gasteiger partial charge in [0.25, 0.3) is 0 Å². The molecule has 5 rings (SSSR count). The van der Waals surface area contributed by atoms with Crippen LogP contribution in [0.1, 0.15) is 23.7 Å². The molecule has 3 aromatic rings. The minimum atomic E-state index is 1.06. The molecule has 0 radical (unpaired) electrons. The molecule has 0 bridgehead atoms. The van der Waals surface area contributed by atoms with E-state index in [4.69, 9.17) is 4.99 Å². The normalized spacial score (nSPS) is 15.0. The molecule has 1 aromatic heterocycles. The number of para-hydroxylation sites is 2. The first-order valence-electron chi connectivity index (χ1n) is 8.16. The fourth-order valence-electron chi connectivity index (χ4n) is 3.83. The van der Waals surface area contributed by atoms with Crippen molar-refractivity contribution in [2.75, 3.05) is 0 Å². The lowest BCUT2D eigenvalue weighted by Crippen LogP contribution is -2.06. The zero-order valence-corrected chi connectivity index (χ0v) is 13.5. The van der Waals surface area contributed by atoms with Crippen LogP contribution in [0.15, 0.2) is 72.3 Å². The SMILES string of the molecule is C=C/C(=C\C)n1c2c(c3ccccc31)C=C1C2=Nc2ccccc21. The van der Waals surface area contributed by atoms with Crippen molar-refractivity contribution in [3.63, 3.8) is 0 Å². The van der Waals surface area contributed by atoms with Crippen LogP contribution in [0.25, 0.3) is 28.2 Å². The third kappa shape index (κ3) is 1.52. The summed E-state index contributed by atoms with van der Waals surface area (Å²) in [6.07, 6.45) is 6.29. The van der Waals surface area contributed by atoms with Crippen LogP contribution < -0.4 is 0 Å². The molecule has 0 spiro atoms. The number of hydrogen-bond acceptors (Lipinski definition) is 1. The average Bonchev–Trinajstić information content (AvgIpc) is 3.25. The minimum absolute atomic E-state index is 1.06. The monoisotopic (exact) mass is 308 g/mol. The molecule has 2 nitrogen and oxygen atoms in total. The van der Waals surface area contributed by atoms with Crippen LogP contribution in [-0.4, -0.2) is 10.3 Å². The second kappa shape index (κ2) is 4.68. The molecule has 2 heterocycles. The van der Waals surface area contributed by atoms with Gasteiger partial charge in [0, 0.05) is 27.8 Å². The lowest BCUT2D eigenvalue weighted by molar-refractivity contribution is 1.15. The fraction of sp³-hybridized carbons (Fsp3) is 0.0455. The summed E-state index contributed by atoms with van der Waals surface area (Å²) < 4.78 is 2.28. The summed E-state index contributed by atoms with van der Waals surface area (Å²) in [7, 11) is 0. The van der Waals surface area contributed by atoms with Gasteiger partial charge < -0.3 is 4.57 Å². The molecule has 2 aromatic carbocycles. The second-order valence-corrected chi connectivity index (χ2v) is 6.07. The van der Waals surface area contributed by atoms with E-state index in [-0.39, 0.29) is 0 Å². The molecule has 1 aliphatic heterocycles. The van der Waals surface area contributed by atoms with Gasteiger partial charge in [0.15, 0.2) is 0 Å². The number of rotatable bonds is 2. The Kier molecular flexibility index (Phi) is 2.60. The summed E-state index contributed by atoms with van der Waals surface area (Å²) in [5.74, 6) is 0. The molecule has 0 amide bonds. The molecule has 2 aliphatic rings. The smallest absolute Gasteiger partial charge is 0.0963 e. The summed E-state index contributed by atoms with van der Waals surface area (Å²) in [5, 5.41) is 1.26. The van der Waals surface area contributed by atoms with Crippen molar-refractivity contribution in [3.05, 3.63) is 84.1 Å². The zero-order chi connectivity index (χ0) is 16.3. The van der Waals surface area contributed by atoms with Crippen molar-refractivity contribution >= 4 is 39.6 Å². The highest BCUT2D eigenvalue weighted by Gasteiger charge is 2.33. The second-order valence-electron chi connectivity index (χ2n) is 6.07. The molecule has 2 heteroatoms. The van der Waals surface area contributed by atoms with Crippen molar-refractivity contribution in [2.45, 2.75) is 6.92 Å². The lowest BCUT2D eigenvalue weighted by Gasteiger charge is -2.11. The van der Waals surface area contributed by atoms with E-state index in [2.05, 4.69) is 65.8 Å². The maximum atomic E-state index is 4.93. The first-order valence-corrected chi connectivity index (χ1v) is 8.16. The van der Waals surface area contributed by atoms with Crippen LogP contribution in [-0.2, 0) is 0 Å². The summed E-state index contributed by atoms with van der Waals surface area (Å²) in [6.45, 7) is 6.05. The van der Waals surface area contributed by atoms with E-state index in [1.54, 1.807) is 0 Å². The highest BCUT2D eigenvalue weighted by molar-refractivity contribution is 6.44. The van der Waals surface area contributed by atoms with E-state index in [1.807, 2.05) is 19.1 Å². The average molecular weight is 308 g/mol. The topological polar surface area (TPSA) is 17.3 Å². The van der Waals surface area contributed by atoms with Crippen LogP contribution in [0, 0.1) is 0 Å². The quantitative estimate of drug-likeness (QED) is 0.542. The largest absolute Gasteiger partial charge is 0.307 e. The van der Waals surface area contributed by atoms with Crippen molar-refractivity contribution in [1.82, 2.24) is 4.57 Å². The van der Waals surface area contributed by atoms with E-state index in [0.29, 0.717) is 0 Å². The Balaban J connectivity index is 1.90. The van der Waals surface area contributed by atoms with E-state index in [0.717, 1.165) is 17.1 Å². The van der Waals surface area contributed by atoms with Crippen LogP contribution >= 0.6 is 0 Å². The van der Waals surface area contributed by atoms with Crippen molar-refractivity contribution in [2.24, 2.45) is 4.99 Å². The molecule has 114 valence electrons. The number of nitrogens with zero attached hydrogens (tertiary/aromatic N) is 2. The van der Waals surface area contributed by atoms with Gasteiger partial charge in [0.05, 0.1) is 22.6 Å². The number of aromatic nitrogens is 1. The Morgan fingerprint density at radius 2 is 1.88 bits per heavy atom. The maximum Gasteiger partial charge on any atom is 0.0963 e. The lowest BCUT2D eigenvalue weighted by atomic mass is 10.1. The van der Waals surface area contributed by atoms with Gasteiger partial charge >= 0.3 is 0 Å². The van der Waals surface area contributed by atoms with Gasteiger partial charge in [-0.15, -0.1) is 0 Å². The van der Waals surface area contributed by atoms with Gasteiger partial charge in [-0.2, -0.15) is 0 Å². The van der Waals surface area contributed by atoms with E-state index >= 15 is 0 Å². The van der Waals surface area contributed by atoms with Crippen LogP contribution in [0.4, 0.5) is 5.69 Å². The highest BCUT2D eigenvalue weighted by Crippen LogP contribution is 2.46. The van der Waals surface area contributed by atoms with Crippen molar-refractivity contribution in [3.8, 4) is 0 Å². The number of benzene rings is 2. The van der Waals surface area contributed by atoms with Crippen molar-refractivity contribution in [1.29, 1.82) is 0 Å². The molecule has 0 unspecified atom stereocenters. The van der Waals surface area contributed by atoms with Gasteiger partial charge in [-0.1, -0.05) is 49.1 Å². The Bertz CT molecular complexity index is 1120. The molecule has 0 atom stereocenters. The molecular weight excluding hydrogens is 292 g/mol. The molecule has 0 saturated heterocycles. The van der Waals surface area contributed by atoms with Gasteiger partial charge in [0.2, 0.25) is 0 Å². The Morgan fingerprint density at radius 3 is 2.71 bits per heavy atom. The predicted molar refractivity (Wildman–Crippen MR) is 103 cm³/mol. The van der Waals surface area contributed by atoms with E-state index < -0.39 is 0 Å².